The first-order valence-electron chi connectivity index (χ1n) is 5.95. The fourth-order valence-electron chi connectivity index (χ4n) is 1.60. The van der Waals surface area contributed by atoms with Crippen LogP contribution >= 0.6 is 11.3 Å². The van der Waals surface area contributed by atoms with Crippen molar-refractivity contribution >= 4 is 21.2 Å². The van der Waals surface area contributed by atoms with Crippen LogP contribution in [0.25, 0.3) is 0 Å². The maximum atomic E-state index is 11.5. The quantitative estimate of drug-likeness (QED) is 0.796. The molecule has 0 amide bonds. The fourth-order valence-corrected chi connectivity index (χ4v) is 3.50. The Morgan fingerprint density at radius 1 is 1.56 bits per heavy atom. The van der Waals surface area contributed by atoms with Crippen LogP contribution in [0.1, 0.15) is 26.3 Å². The van der Waals surface area contributed by atoms with E-state index in [0.29, 0.717) is 6.54 Å². The smallest absolute Gasteiger partial charge is 0.151 e. The summed E-state index contributed by atoms with van der Waals surface area (Å²) in [6.45, 7) is 5.52. The van der Waals surface area contributed by atoms with Crippen LogP contribution in [-0.2, 0) is 15.4 Å². The molecular weight excluding hydrogens is 270 g/mol. The molecule has 0 saturated heterocycles. The Kier molecular flexibility index (Phi) is 5.33. The predicted molar refractivity (Wildman–Crippen MR) is 75.7 cm³/mol. The molecule has 1 aromatic heterocycles. The lowest BCUT2D eigenvalue weighted by Crippen LogP contribution is -2.42. The third kappa shape index (κ3) is 4.68. The number of hydrogen-bond acceptors (Lipinski definition) is 5. The number of thiophene rings is 1. The van der Waals surface area contributed by atoms with Crippen LogP contribution in [0.4, 0.5) is 0 Å². The normalized spacial score (nSPS) is 17.3. The summed E-state index contributed by atoms with van der Waals surface area (Å²) >= 11 is 1.53. The van der Waals surface area contributed by atoms with Gasteiger partial charge in [-0.1, -0.05) is 6.92 Å². The minimum absolute atomic E-state index is 0.100. The Morgan fingerprint density at radius 3 is 2.72 bits per heavy atom. The molecule has 0 aromatic carbocycles. The molecule has 1 heterocycles. The number of rotatable bonds is 7. The van der Waals surface area contributed by atoms with E-state index in [9.17, 15) is 13.5 Å². The lowest BCUT2D eigenvalue weighted by Gasteiger charge is -2.25. The third-order valence-corrected chi connectivity index (χ3v) is 5.45. The molecule has 2 N–H and O–H groups in total. The van der Waals surface area contributed by atoms with E-state index < -0.39 is 15.4 Å². The molecule has 0 spiro atoms. The van der Waals surface area contributed by atoms with Crippen LogP contribution in [0.15, 0.2) is 16.8 Å². The largest absolute Gasteiger partial charge is 0.384 e. The summed E-state index contributed by atoms with van der Waals surface area (Å²) in [5, 5.41) is 17.2. The van der Waals surface area contributed by atoms with Gasteiger partial charge in [0.1, 0.15) is 0 Å². The van der Waals surface area contributed by atoms with Crippen molar-refractivity contribution in [3.63, 3.8) is 0 Å². The van der Waals surface area contributed by atoms with Crippen LogP contribution in [-0.4, -0.2) is 37.6 Å². The molecule has 2 unspecified atom stereocenters. The lowest BCUT2D eigenvalue weighted by molar-refractivity contribution is 0.0555. The van der Waals surface area contributed by atoms with Crippen LogP contribution in [0.2, 0.25) is 0 Å². The van der Waals surface area contributed by atoms with Gasteiger partial charge in [-0.15, -0.1) is 0 Å². The minimum atomic E-state index is -2.98. The maximum Gasteiger partial charge on any atom is 0.151 e. The summed E-state index contributed by atoms with van der Waals surface area (Å²) in [5.74, 6) is 0.253. The molecular formula is C12H21NO3S2. The molecule has 0 bridgehead atoms. The Bertz CT molecular complexity index is 452. The van der Waals surface area contributed by atoms with E-state index in [0.717, 1.165) is 5.56 Å². The number of sulfone groups is 1. The van der Waals surface area contributed by atoms with Gasteiger partial charge in [0.15, 0.2) is 9.84 Å². The van der Waals surface area contributed by atoms with Gasteiger partial charge in [0, 0.05) is 18.3 Å². The van der Waals surface area contributed by atoms with Gasteiger partial charge in [-0.05, 0) is 36.2 Å². The highest BCUT2D eigenvalue weighted by Gasteiger charge is 2.24. The Hall–Kier alpha value is -0.430. The van der Waals surface area contributed by atoms with E-state index in [1.165, 1.54) is 11.3 Å². The maximum absolute atomic E-state index is 11.5. The first-order chi connectivity index (χ1) is 8.27. The molecule has 1 aromatic rings. The van der Waals surface area contributed by atoms with Gasteiger partial charge in [0.2, 0.25) is 0 Å². The van der Waals surface area contributed by atoms with Crippen molar-refractivity contribution in [3.8, 4) is 0 Å². The van der Waals surface area contributed by atoms with Gasteiger partial charge in [0.05, 0.1) is 11.4 Å². The molecule has 0 aliphatic carbocycles. The fraction of sp³-hybridized carbons (Fsp3) is 0.667. The molecule has 18 heavy (non-hydrogen) atoms. The van der Waals surface area contributed by atoms with E-state index in [-0.39, 0.29) is 17.5 Å². The van der Waals surface area contributed by atoms with Gasteiger partial charge < -0.3 is 10.4 Å². The lowest BCUT2D eigenvalue weighted by atomic mass is 9.99. The number of hydrogen-bond donors (Lipinski definition) is 2. The third-order valence-electron chi connectivity index (χ3n) is 2.88. The standard InChI is InChI=1S/C12H21NO3S2/c1-4-18(15,16)8-10(2)13-9-12(3,14)11-5-6-17-7-11/h5-7,10,13-14H,4,8-9H2,1-3H3. The summed E-state index contributed by atoms with van der Waals surface area (Å²) in [5.41, 5.74) is -0.116. The number of nitrogens with one attached hydrogen (secondary N) is 1. The molecule has 0 radical (unpaired) electrons. The van der Waals surface area contributed by atoms with Crippen LogP contribution in [0, 0.1) is 0 Å². The molecule has 104 valence electrons. The Morgan fingerprint density at radius 2 is 2.22 bits per heavy atom. The van der Waals surface area contributed by atoms with Gasteiger partial charge >= 0.3 is 0 Å². The minimum Gasteiger partial charge on any atom is -0.384 e. The SMILES string of the molecule is CCS(=O)(=O)CC(C)NCC(C)(O)c1ccsc1. The van der Waals surface area contributed by atoms with Crippen molar-refractivity contribution in [1.29, 1.82) is 0 Å². The van der Waals surface area contributed by atoms with E-state index in [2.05, 4.69) is 5.32 Å². The zero-order valence-corrected chi connectivity index (χ0v) is 12.6. The van der Waals surface area contributed by atoms with Crippen LogP contribution in [0.3, 0.4) is 0 Å². The average Bonchev–Trinajstić information content (AvgIpc) is 2.80. The van der Waals surface area contributed by atoms with Crippen molar-refractivity contribution in [1.82, 2.24) is 5.32 Å². The van der Waals surface area contributed by atoms with Crippen molar-refractivity contribution < 1.29 is 13.5 Å². The molecule has 0 aliphatic heterocycles. The Balaban J connectivity index is 2.50. The van der Waals surface area contributed by atoms with Gasteiger partial charge in [-0.3, -0.25) is 0 Å². The van der Waals surface area contributed by atoms with E-state index in [1.807, 2.05) is 23.8 Å². The molecule has 6 heteroatoms. The first-order valence-corrected chi connectivity index (χ1v) is 8.72. The summed E-state index contributed by atoms with van der Waals surface area (Å²) < 4.78 is 22.9. The number of aliphatic hydroxyl groups is 1. The molecule has 0 fully saturated rings. The van der Waals surface area contributed by atoms with Gasteiger partial charge in [-0.25, -0.2) is 8.42 Å². The molecule has 4 nitrogen and oxygen atoms in total. The van der Waals surface area contributed by atoms with E-state index in [4.69, 9.17) is 0 Å². The van der Waals surface area contributed by atoms with Crippen molar-refractivity contribution in [2.75, 3.05) is 18.1 Å². The highest BCUT2D eigenvalue weighted by molar-refractivity contribution is 7.91. The highest BCUT2D eigenvalue weighted by Crippen LogP contribution is 2.22. The highest BCUT2D eigenvalue weighted by atomic mass is 32.2. The van der Waals surface area contributed by atoms with Crippen LogP contribution < -0.4 is 5.32 Å². The second-order valence-electron chi connectivity index (χ2n) is 4.77. The predicted octanol–water partition coefficient (Wildman–Crippen LogP) is 1.37. The summed E-state index contributed by atoms with van der Waals surface area (Å²) in [7, 11) is -2.98. The van der Waals surface area contributed by atoms with Crippen molar-refractivity contribution in [2.45, 2.75) is 32.4 Å². The molecule has 0 saturated carbocycles. The van der Waals surface area contributed by atoms with Gasteiger partial charge in [-0.2, -0.15) is 11.3 Å². The van der Waals surface area contributed by atoms with Gasteiger partial charge in [0.25, 0.3) is 0 Å². The first kappa shape index (κ1) is 15.6. The zero-order valence-electron chi connectivity index (χ0n) is 11.0. The zero-order chi connectivity index (χ0) is 13.8. The average molecular weight is 291 g/mol. The second-order valence-corrected chi connectivity index (χ2v) is 7.94. The van der Waals surface area contributed by atoms with E-state index in [1.54, 1.807) is 13.8 Å². The Labute approximate surface area is 113 Å². The summed E-state index contributed by atoms with van der Waals surface area (Å²) in [4.78, 5) is 0. The summed E-state index contributed by atoms with van der Waals surface area (Å²) in [6, 6.07) is 1.71. The van der Waals surface area contributed by atoms with Crippen molar-refractivity contribution in [2.24, 2.45) is 0 Å². The second kappa shape index (κ2) is 6.14. The molecule has 0 aliphatic rings. The monoisotopic (exact) mass is 291 g/mol. The van der Waals surface area contributed by atoms with Crippen LogP contribution in [0.5, 0.6) is 0 Å². The molecule has 1 rings (SSSR count). The molecule has 2 atom stereocenters. The summed E-state index contributed by atoms with van der Waals surface area (Å²) in [6.07, 6.45) is 0. The topological polar surface area (TPSA) is 66.4 Å². The van der Waals surface area contributed by atoms with Crippen molar-refractivity contribution in [3.05, 3.63) is 22.4 Å². The van der Waals surface area contributed by atoms with E-state index >= 15 is 0 Å².